The summed E-state index contributed by atoms with van der Waals surface area (Å²) in [5.74, 6) is -5.03. The van der Waals surface area contributed by atoms with E-state index in [0.29, 0.717) is 43.4 Å². The Hall–Kier alpha value is -5.16. The van der Waals surface area contributed by atoms with Crippen LogP contribution < -0.4 is 10.1 Å². The van der Waals surface area contributed by atoms with Gasteiger partial charge in [-0.15, -0.1) is 5.92 Å². The van der Waals surface area contributed by atoms with Crippen LogP contribution in [0, 0.1) is 23.2 Å². The van der Waals surface area contributed by atoms with Gasteiger partial charge in [-0.05, 0) is 71.1 Å². The first-order valence-electron chi connectivity index (χ1n) is 19.9. The average molecular weight is 812 g/mol. The molecule has 0 aliphatic heterocycles. The summed E-state index contributed by atoms with van der Waals surface area (Å²) in [5.41, 5.74) is -6.17. The van der Waals surface area contributed by atoms with Gasteiger partial charge in [0, 0.05) is 32.1 Å². The van der Waals surface area contributed by atoms with Gasteiger partial charge in [0.2, 0.25) is 5.91 Å². The molecule has 0 aromatic heterocycles. The smallest absolute Gasteiger partial charge is 0.338 e. The van der Waals surface area contributed by atoms with Crippen LogP contribution in [0.25, 0.3) is 0 Å². The van der Waals surface area contributed by atoms with Gasteiger partial charge in [0.05, 0.1) is 5.92 Å². The molecule has 0 bridgehead atoms. The number of hydrogen-bond acceptors (Lipinski definition) is 11. The summed E-state index contributed by atoms with van der Waals surface area (Å²) >= 11 is 0. The molecule has 0 saturated carbocycles. The molecular formula is C44H61NO13. The quantitative estimate of drug-likeness (QED) is 0.0313. The van der Waals surface area contributed by atoms with Crippen LogP contribution in [0.2, 0.25) is 0 Å². The van der Waals surface area contributed by atoms with E-state index in [1.54, 1.807) is 31.2 Å². The molecule has 0 unspecified atom stereocenters. The van der Waals surface area contributed by atoms with Crippen molar-refractivity contribution in [2.24, 2.45) is 11.3 Å². The molecule has 0 heterocycles. The largest absolute Gasteiger partial charge is 0.481 e. The van der Waals surface area contributed by atoms with Gasteiger partial charge < -0.3 is 30.1 Å². The molecule has 1 amide bonds. The molecule has 0 saturated heterocycles. The van der Waals surface area contributed by atoms with E-state index in [1.807, 2.05) is 0 Å². The molecule has 14 heteroatoms. The second kappa shape index (κ2) is 26.7. The van der Waals surface area contributed by atoms with Gasteiger partial charge >= 0.3 is 17.9 Å². The number of hydrogen-bond donors (Lipinski definition) is 4. The maximum Gasteiger partial charge on any atom is 0.338 e. The van der Waals surface area contributed by atoms with E-state index in [1.165, 1.54) is 13.0 Å². The zero-order valence-electron chi connectivity index (χ0n) is 34.6. The van der Waals surface area contributed by atoms with E-state index in [2.05, 4.69) is 24.1 Å². The first kappa shape index (κ1) is 50.9. The average Bonchev–Trinajstić information content (AvgIpc) is 3.15. The van der Waals surface area contributed by atoms with Crippen LogP contribution >= 0.6 is 0 Å². The van der Waals surface area contributed by atoms with Crippen molar-refractivity contribution in [1.29, 1.82) is 0 Å². The van der Waals surface area contributed by atoms with E-state index in [-0.39, 0.29) is 25.2 Å². The molecule has 1 aromatic carbocycles. The SMILES string of the molecule is CC#CCOc1ccc(C[C@H](NC(=O)[C@@H](C=CCCCCCCC(=O)CCCCCCC)[C@@](O)(C(=O)O)C(CC(C)=O)(CC(C)=O)C(=O)O)C(=O)OCC(C)=O)cc1. The highest BCUT2D eigenvalue weighted by Crippen LogP contribution is 2.45. The summed E-state index contributed by atoms with van der Waals surface area (Å²) in [6.07, 6.45) is 9.05. The van der Waals surface area contributed by atoms with Crippen molar-refractivity contribution in [3.05, 3.63) is 42.0 Å². The van der Waals surface area contributed by atoms with Gasteiger partial charge in [-0.3, -0.25) is 28.8 Å². The number of rotatable bonds is 31. The molecule has 320 valence electrons. The fourth-order valence-corrected chi connectivity index (χ4v) is 6.65. The number of carbonyl (C=O) groups excluding carboxylic acids is 6. The van der Waals surface area contributed by atoms with E-state index >= 15 is 0 Å². The molecule has 14 nitrogen and oxygen atoms in total. The summed E-state index contributed by atoms with van der Waals surface area (Å²) in [4.78, 5) is 103. The molecule has 1 rings (SSSR count). The number of Topliss-reactive ketones (excluding diaryl/α,β-unsaturated/α-hetero) is 4. The minimum Gasteiger partial charge on any atom is -0.481 e. The van der Waals surface area contributed by atoms with Crippen LogP contribution in [0.5, 0.6) is 5.75 Å². The fourth-order valence-electron chi connectivity index (χ4n) is 6.65. The molecule has 3 atom stereocenters. The Bertz CT molecular complexity index is 1640. The minimum atomic E-state index is -3.61. The number of ether oxygens (including phenoxy) is 2. The Morgan fingerprint density at radius 3 is 1.86 bits per heavy atom. The first-order valence-corrected chi connectivity index (χ1v) is 19.9. The Kier molecular flexibility index (Phi) is 23.4. The summed E-state index contributed by atoms with van der Waals surface area (Å²) in [5, 5.41) is 35.6. The van der Waals surface area contributed by atoms with Gasteiger partial charge in [0.25, 0.3) is 0 Å². The number of allylic oxidation sites excluding steroid dienone is 1. The Morgan fingerprint density at radius 1 is 0.793 bits per heavy atom. The number of carbonyl (C=O) groups is 8. The molecule has 58 heavy (non-hydrogen) atoms. The second-order valence-corrected chi connectivity index (χ2v) is 14.7. The Morgan fingerprint density at radius 2 is 1.36 bits per heavy atom. The molecule has 0 aliphatic carbocycles. The van der Waals surface area contributed by atoms with Crippen molar-refractivity contribution in [2.75, 3.05) is 13.2 Å². The van der Waals surface area contributed by atoms with Crippen molar-refractivity contribution in [2.45, 2.75) is 143 Å². The summed E-state index contributed by atoms with van der Waals surface area (Å²) in [6.45, 7) is 6.35. The van der Waals surface area contributed by atoms with Crippen molar-refractivity contribution in [3.63, 3.8) is 0 Å². The van der Waals surface area contributed by atoms with Gasteiger partial charge in [-0.2, -0.15) is 0 Å². The van der Waals surface area contributed by atoms with Crippen LogP contribution in [0.3, 0.4) is 0 Å². The predicted molar refractivity (Wildman–Crippen MR) is 215 cm³/mol. The van der Waals surface area contributed by atoms with Crippen molar-refractivity contribution < 1.29 is 63.1 Å². The van der Waals surface area contributed by atoms with E-state index in [4.69, 9.17) is 9.47 Å². The number of amides is 1. The maximum absolute atomic E-state index is 14.3. The van der Waals surface area contributed by atoms with Gasteiger partial charge in [-0.25, -0.2) is 9.59 Å². The number of unbranched alkanes of at least 4 members (excludes halogenated alkanes) is 8. The van der Waals surface area contributed by atoms with Gasteiger partial charge in [-0.1, -0.05) is 75.7 Å². The maximum atomic E-state index is 14.3. The molecule has 0 fully saturated rings. The number of ketones is 4. The van der Waals surface area contributed by atoms with Crippen LogP contribution in [-0.2, 0) is 49.5 Å². The van der Waals surface area contributed by atoms with E-state index in [0.717, 1.165) is 58.4 Å². The van der Waals surface area contributed by atoms with Crippen LogP contribution in [0.1, 0.15) is 130 Å². The predicted octanol–water partition coefficient (Wildman–Crippen LogP) is 5.54. The normalized spacial score (nSPS) is 13.3. The van der Waals surface area contributed by atoms with Crippen molar-refractivity contribution in [3.8, 4) is 17.6 Å². The summed E-state index contributed by atoms with van der Waals surface area (Å²) in [7, 11) is 0. The lowest BCUT2D eigenvalue weighted by molar-refractivity contribution is -0.200. The number of carboxylic acid groups (broad SMARTS) is 2. The Labute approximate surface area is 341 Å². The highest BCUT2D eigenvalue weighted by molar-refractivity contribution is 6.01. The lowest BCUT2D eigenvalue weighted by Crippen LogP contribution is -2.66. The van der Waals surface area contributed by atoms with Crippen molar-refractivity contribution in [1.82, 2.24) is 5.32 Å². The van der Waals surface area contributed by atoms with Crippen LogP contribution in [0.4, 0.5) is 0 Å². The zero-order valence-corrected chi connectivity index (χ0v) is 34.6. The molecule has 4 N–H and O–H groups in total. The second-order valence-electron chi connectivity index (χ2n) is 14.7. The highest BCUT2D eigenvalue weighted by Gasteiger charge is 2.66. The molecule has 0 radical (unpaired) electrons. The number of aliphatic carboxylic acids is 2. The third-order valence-electron chi connectivity index (χ3n) is 9.63. The number of carboxylic acids is 2. The van der Waals surface area contributed by atoms with Gasteiger partial charge in [0.1, 0.15) is 47.8 Å². The third-order valence-corrected chi connectivity index (χ3v) is 9.63. The summed E-state index contributed by atoms with van der Waals surface area (Å²) < 4.78 is 10.6. The molecule has 1 aromatic rings. The fraction of sp³-hybridized carbons (Fsp3) is 0.591. The number of esters is 1. The lowest BCUT2D eigenvalue weighted by atomic mass is 9.60. The molecule has 0 spiro atoms. The lowest BCUT2D eigenvalue weighted by Gasteiger charge is -2.43. The van der Waals surface area contributed by atoms with Crippen molar-refractivity contribution >= 4 is 46.9 Å². The molecule has 0 aliphatic rings. The monoisotopic (exact) mass is 811 g/mol. The van der Waals surface area contributed by atoms with Crippen LogP contribution in [-0.4, -0.2) is 87.1 Å². The first-order chi connectivity index (χ1) is 27.4. The van der Waals surface area contributed by atoms with Crippen LogP contribution in [0.15, 0.2) is 36.4 Å². The number of benzene rings is 1. The van der Waals surface area contributed by atoms with E-state index < -0.39 is 83.6 Å². The van der Waals surface area contributed by atoms with E-state index in [9.17, 15) is 53.7 Å². The number of aliphatic hydroxyl groups is 1. The Balaban J connectivity index is 3.51. The minimum absolute atomic E-state index is 0.124. The third kappa shape index (κ3) is 17.1. The molecular weight excluding hydrogens is 750 g/mol. The zero-order chi connectivity index (χ0) is 43.7. The topological polar surface area (TPSA) is 228 Å². The van der Waals surface area contributed by atoms with Gasteiger partial charge in [0.15, 0.2) is 11.4 Å². The standard InChI is InChI=1S/C44H61NO13/c1-6-8-10-13-16-19-35(49)20-17-14-11-12-15-18-21-37(44(56,42(54)55)43(41(52)53,28-31(3)46)29-32(4)47)39(50)45-38(40(51)58-30-33(5)48)27-34-22-24-36(25-23-34)57-26-9-7-2/h18,21-25,37-38,56H,6,8,10-17,19-20,26-30H2,1-5H3,(H,45,50)(H,52,53)(H,54,55)/t37-,38+,44-/m1/s1. The summed E-state index contributed by atoms with van der Waals surface area (Å²) in [6, 6.07) is 4.74. The number of nitrogens with one attached hydrogen (secondary N) is 1. The highest BCUT2D eigenvalue weighted by atomic mass is 16.5.